The fourth-order valence-electron chi connectivity index (χ4n) is 2.59. The van der Waals surface area contributed by atoms with Crippen molar-refractivity contribution < 1.29 is 14.3 Å². The summed E-state index contributed by atoms with van der Waals surface area (Å²) < 4.78 is 5.00. The van der Waals surface area contributed by atoms with Crippen LogP contribution in [0.3, 0.4) is 0 Å². The number of aryl methyl sites for hydroxylation is 1. The van der Waals surface area contributed by atoms with Crippen LogP contribution in [-0.4, -0.2) is 41.6 Å². The van der Waals surface area contributed by atoms with Gasteiger partial charge in [-0.15, -0.1) is 0 Å². The summed E-state index contributed by atoms with van der Waals surface area (Å²) in [6.07, 6.45) is 1.28. The van der Waals surface area contributed by atoms with Crippen LogP contribution in [0.4, 0.5) is 4.79 Å². The molecule has 1 fully saturated rings. The molecule has 0 aliphatic carbocycles. The smallest absolute Gasteiger partial charge is 0.409 e. The van der Waals surface area contributed by atoms with Crippen LogP contribution in [0.25, 0.3) is 0 Å². The third-order valence-corrected chi connectivity index (χ3v) is 3.71. The molecular weight excluding hydrogens is 282 g/mol. The van der Waals surface area contributed by atoms with Crippen LogP contribution >= 0.6 is 0 Å². The van der Waals surface area contributed by atoms with E-state index in [4.69, 9.17) is 4.74 Å². The fourth-order valence-corrected chi connectivity index (χ4v) is 2.59. The Hall–Kier alpha value is -2.11. The van der Waals surface area contributed by atoms with Crippen molar-refractivity contribution in [2.24, 2.45) is 5.92 Å². The van der Waals surface area contributed by atoms with Crippen LogP contribution in [0.15, 0.2) is 18.2 Å². The summed E-state index contributed by atoms with van der Waals surface area (Å²) in [5.74, 6) is -0.208. The standard InChI is InChI=1S/C16H23N3O3/c1-3-22-16(21)19-9-5-7-13(11-19)15(20)17-10-14-8-4-6-12(2)18-14/h4,6,8,13H,3,5,7,9-11H2,1-2H3,(H,17,20). The average molecular weight is 305 g/mol. The minimum absolute atomic E-state index is 0.0303. The minimum atomic E-state index is -0.333. The van der Waals surface area contributed by atoms with E-state index in [-0.39, 0.29) is 17.9 Å². The first-order valence-electron chi connectivity index (χ1n) is 7.72. The lowest BCUT2D eigenvalue weighted by molar-refractivity contribution is -0.126. The summed E-state index contributed by atoms with van der Waals surface area (Å²) >= 11 is 0. The first-order valence-corrected chi connectivity index (χ1v) is 7.72. The SMILES string of the molecule is CCOC(=O)N1CCCC(C(=O)NCc2cccc(C)n2)C1. The van der Waals surface area contributed by atoms with Crippen molar-refractivity contribution in [3.05, 3.63) is 29.6 Å². The van der Waals surface area contributed by atoms with Crippen LogP contribution in [0.5, 0.6) is 0 Å². The maximum absolute atomic E-state index is 12.3. The third kappa shape index (κ3) is 4.44. The predicted molar refractivity (Wildman–Crippen MR) is 82.1 cm³/mol. The van der Waals surface area contributed by atoms with Gasteiger partial charge in [-0.1, -0.05) is 6.07 Å². The zero-order valence-electron chi connectivity index (χ0n) is 13.2. The van der Waals surface area contributed by atoms with E-state index in [2.05, 4.69) is 10.3 Å². The van der Waals surface area contributed by atoms with Crippen LogP contribution in [0, 0.1) is 12.8 Å². The summed E-state index contributed by atoms with van der Waals surface area (Å²) in [5.41, 5.74) is 1.77. The molecule has 2 rings (SSSR count). The van der Waals surface area contributed by atoms with Gasteiger partial charge in [-0.05, 0) is 38.8 Å². The first-order chi connectivity index (χ1) is 10.6. The number of ether oxygens (including phenoxy) is 1. The second-order valence-electron chi connectivity index (χ2n) is 5.47. The molecule has 6 nitrogen and oxygen atoms in total. The molecule has 1 N–H and O–H groups in total. The molecule has 0 spiro atoms. The average Bonchev–Trinajstić information content (AvgIpc) is 2.53. The summed E-state index contributed by atoms with van der Waals surface area (Å²) in [4.78, 5) is 30.0. The molecule has 1 unspecified atom stereocenters. The number of aromatic nitrogens is 1. The van der Waals surface area contributed by atoms with Crippen molar-refractivity contribution in [3.63, 3.8) is 0 Å². The molecule has 1 saturated heterocycles. The van der Waals surface area contributed by atoms with Gasteiger partial charge in [0, 0.05) is 18.8 Å². The summed E-state index contributed by atoms with van der Waals surface area (Å²) in [6.45, 7) is 5.54. The van der Waals surface area contributed by atoms with Gasteiger partial charge in [-0.25, -0.2) is 4.79 Å². The molecule has 0 radical (unpaired) electrons. The van der Waals surface area contributed by atoms with Crippen molar-refractivity contribution in [1.29, 1.82) is 0 Å². The van der Waals surface area contributed by atoms with E-state index >= 15 is 0 Å². The van der Waals surface area contributed by atoms with E-state index in [0.29, 0.717) is 26.2 Å². The Morgan fingerprint density at radius 3 is 3.00 bits per heavy atom. The number of amides is 2. The normalized spacial score (nSPS) is 17.9. The summed E-state index contributed by atoms with van der Waals surface area (Å²) in [5, 5.41) is 2.91. The van der Waals surface area contributed by atoms with Gasteiger partial charge >= 0.3 is 6.09 Å². The maximum atomic E-state index is 12.3. The number of rotatable bonds is 4. The quantitative estimate of drug-likeness (QED) is 0.922. The Bertz CT molecular complexity index is 533. The van der Waals surface area contributed by atoms with E-state index in [1.165, 1.54) is 0 Å². The highest BCUT2D eigenvalue weighted by Crippen LogP contribution is 2.17. The van der Waals surface area contributed by atoms with Crippen molar-refractivity contribution in [2.45, 2.75) is 33.2 Å². The molecular formula is C16H23N3O3. The number of nitrogens with zero attached hydrogens (tertiary/aromatic N) is 2. The van der Waals surface area contributed by atoms with Crippen LogP contribution < -0.4 is 5.32 Å². The molecule has 6 heteroatoms. The lowest BCUT2D eigenvalue weighted by Crippen LogP contribution is -2.45. The van der Waals surface area contributed by atoms with E-state index in [9.17, 15) is 9.59 Å². The van der Waals surface area contributed by atoms with Crippen LogP contribution in [0.2, 0.25) is 0 Å². The molecule has 0 bridgehead atoms. The Morgan fingerprint density at radius 1 is 1.45 bits per heavy atom. The molecule has 1 aliphatic rings. The van der Waals surface area contributed by atoms with E-state index < -0.39 is 0 Å². The van der Waals surface area contributed by atoms with Gasteiger partial charge in [0.15, 0.2) is 0 Å². The first kappa shape index (κ1) is 16.3. The number of carbonyl (C=O) groups excluding carboxylic acids is 2. The second kappa shape index (κ2) is 7.77. The highest BCUT2D eigenvalue weighted by molar-refractivity contribution is 5.79. The van der Waals surface area contributed by atoms with Crippen molar-refractivity contribution in [1.82, 2.24) is 15.2 Å². The highest BCUT2D eigenvalue weighted by atomic mass is 16.6. The largest absolute Gasteiger partial charge is 0.450 e. The van der Waals surface area contributed by atoms with Crippen molar-refractivity contribution in [2.75, 3.05) is 19.7 Å². The van der Waals surface area contributed by atoms with E-state index in [1.807, 2.05) is 25.1 Å². The van der Waals surface area contributed by atoms with E-state index in [0.717, 1.165) is 24.2 Å². The number of hydrogen-bond acceptors (Lipinski definition) is 4. The molecule has 0 aromatic carbocycles. The Morgan fingerprint density at radius 2 is 2.27 bits per heavy atom. The number of hydrogen-bond donors (Lipinski definition) is 1. The molecule has 2 heterocycles. The molecule has 120 valence electrons. The molecule has 1 aromatic rings. The van der Waals surface area contributed by atoms with Gasteiger partial charge in [0.25, 0.3) is 0 Å². The summed E-state index contributed by atoms with van der Waals surface area (Å²) in [7, 11) is 0. The topological polar surface area (TPSA) is 71.5 Å². The minimum Gasteiger partial charge on any atom is -0.450 e. The number of piperidine rings is 1. The summed E-state index contributed by atoms with van der Waals surface area (Å²) in [6, 6.07) is 5.73. The van der Waals surface area contributed by atoms with Crippen molar-refractivity contribution >= 4 is 12.0 Å². The van der Waals surface area contributed by atoms with Gasteiger partial charge < -0.3 is 15.0 Å². The molecule has 1 atom stereocenters. The van der Waals surface area contributed by atoms with Crippen LogP contribution in [0.1, 0.15) is 31.2 Å². The number of pyridine rings is 1. The van der Waals surface area contributed by atoms with Crippen LogP contribution in [-0.2, 0) is 16.1 Å². The van der Waals surface area contributed by atoms with Gasteiger partial charge in [-0.3, -0.25) is 9.78 Å². The molecule has 1 aromatic heterocycles. The van der Waals surface area contributed by atoms with Gasteiger partial charge in [0.05, 0.1) is 24.8 Å². The zero-order valence-corrected chi connectivity index (χ0v) is 13.2. The fraction of sp³-hybridized carbons (Fsp3) is 0.562. The molecule has 22 heavy (non-hydrogen) atoms. The molecule has 0 saturated carbocycles. The number of likely N-dealkylation sites (tertiary alicyclic amines) is 1. The zero-order chi connectivity index (χ0) is 15.9. The Kier molecular flexibility index (Phi) is 5.75. The second-order valence-corrected chi connectivity index (χ2v) is 5.47. The van der Waals surface area contributed by atoms with Gasteiger partial charge in [0.2, 0.25) is 5.91 Å². The van der Waals surface area contributed by atoms with Gasteiger partial charge in [0.1, 0.15) is 0 Å². The third-order valence-electron chi connectivity index (χ3n) is 3.71. The monoisotopic (exact) mass is 305 g/mol. The predicted octanol–water partition coefficient (Wildman–Crippen LogP) is 1.87. The highest BCUT2D eigenvalue weighted by Gasteiger charge is 2.28. The Labute approximate surface area is 130 Å². The van der Waals surface area contributed by atoms with Crippen molar-refractivity contribution in [3.8, 4) is 0 Å². The maximum Gasteiger partial charge on any atom is 0.409 e. The lowest BCUT2D eigenvalue weighted by Gasteiger charge is -2.31. The van der Waals surface area contributed by atoms with Gasteiger partial charge in [-0.2, -0.15) is 0 Å². The molecule has 1 aliphatic heterocycles. The Balaban J connectivity index is 1.85. The van der Waals surface area contributed by atoms with E-state index in [1.54, 1.807) is 11.8 Å². The molecule has 2 amide bonds. The number of carbonyl (C=O) groups is 2. The number of nitrogens with one attached hydrogen (secondary N) is 1. The lowest BCUT2D eigenvalue weighted by atomic mass is 9.97.